The zero-order valence-corrected chi connectivity index (χ0v) is 7.06. The highest BCUT2D eigenvalue weighted by Crippen LogP contribution is 2.04. The fraction of sp³-hybridized carbons (Fsp3) is 0.200. The molecule has 0 atom stereocenters. The third-order valence-electron chi connectivity index (χ3n) is 1.66. The van der Waals surface area contributed by atoms with Gasteiger partial charge in [0.1, 0.15) is 0 Å². The van der Waals surface area contributed by atoms with Crippen LogP contribution in [0.15, 0.2) is 30.3 Å². The molecule has 1 rings (SSSR count). The van der Waals surface area contributed by atoms with E-state index < -0.39 is 5.97 Å². The molecular weight excluding hydrogens is 174 g/mol. The number of carboxylic acids is 1. The van der Waals surface area contributed by atoms with Crippen molar-refractivity contribution in [3.05, 3.63) is 35.9 Å². The topological polar surface area (TPSA) is 54.4 Å². The molecule has 0 aliphatic rings. The van der Waals surface area contributed by atoms with Crippen molar-refractivity contribution in [1.82, 2.24) is 0 Å². The maximum atomic E-state index is 11.3. The van der Waals surface area contributed by atoms with E-state index in [1.54, 1.807) is 24.3 Å². The zero-order valence-electron chi connectivity index (χ0n) is 7.06. The van der Waals surface area contributed by atoms with Crippen molar-refractivity contribution < 1.29 is 14.7 Å². The minimum Gasteiger partial charge on any atom is -0.481 e. The number of rotatable bonds is 4. The standard InChI is InChI=1S/C10H10O3/c11-9(6-7-10(12)13)8-4-2-1-3-5-8/h1-5H,6-7H2,(H,12,13)/i1+1,2+1,3+1,4+1,5+1,8+1. The Morgan fingerprint density at radius 3 is 2.23 bits per heavy atom. The number of carbonyl (C=O) groups excluding carboxylic acids is 1. The Kier molecular flexibility index (Phi) is 3.20. The van der Waals surface area contributed by atoms with Gasteiger partial charge in [-0.3, -0.25) is 9.59 Å². The molecule has 0 saturated carbocycles. The van der Waals surface area contributed by atoms with Gasteiger partial charge < -0.3 is 5.11 Å². The molecule has 0 amide bonds. The Morgan fingerprint density at radius 1 is 1.08 bits per heavy atom. The first kappa shape index (κ1) is 9.45. The Labute approximate surface area is 76.0 Å². The summed E-state index contributed by atoms with van der Waals surface area (Å²) >= 11 is 0. The lowest BCUT2D eigenvalue weighted by atomic mass is 10.3. The lowest BCUT2D eigenvalue weighted by molar-refractivity contribution is -0.136. The molecule has 0 unspecified atom stereocenters. The largest absolute Gasteiger partial charge is 0.481 e. The third kappa shape index (κ3) is 3.07. The first-order valence-corrected chi connectivity index (χ1v) is 4.00. The molecule has 68 valence electrons. The van der Waals surface area contributed by atoms with Gasteiger partial charge in [-0.25, -0.2) is 0 Å². The number of hydrogen-bond acceptors (Lipinski definition) is 2. The third-order valence-corrected chi connectivity index (χ3v) is 1.66. The Hall–Kier alpha value is -1.64. The molecule has 1 aromatic carbocycles. The molecule has 3 nitrogen and oxygen atoms in total. The second-order valence-electron chi connectivity index (χ2n) is 2.68. The number of benzene rings is 1. The van der Waals surface area contributed by atoms with Crippen LogP contribution in [0.4, 0.5) is 0 Å². The van der Waals surface area contributed by atoms with E-state index in [0.717, 1.165) is 0 Å². The number of ketones is 1. The molecule has 1 aromatic rings. The summed E-state index contributed by atoms with van der Waals surface area (Å²) in [5.74, 6) is -1.06. The second-order valence-corrected chi connectivity index (χ2v) is 2.68. The number of Topliss-reactive ketones (excluding diaryl/α,β-unsaturated/α-hetero) is 1. The normalized spacial score (nSPS) is 9.54. The molecule has 0 radical (unpaired) electrons. The average Bonchev–Trinajstić information content (AvgIpc) is 2.15. The van der Waals surface area contributed by atoms with E-state index in [0.29, 0.717) is 5.56 Å². The predicted octanol–water partition coefficient (Wildman–Crippen LogP) is 1.73. The molecule has 3 heteroatoms. The summed E-state index contributed by atoms with van der Waals surface area (Å²) < 4.78 is 0. The molecule has 0 bridgehead atoms. The van der Waals surface area contributed by atoms with Crippen molar-refractivity contribution in [3.63, 3.8) is 0 Å². The van der Waals surface area contributed by atoms with Crippen molar-refractivity contribution in [2.24, 2.45) is 0 Å². The molecule has 0 aliphatic carbocycles. The van der Waals surface area contributed by atoms with Crippen LogP contribution < -0.4 is 0 Å². The molecule has 0 fully saturated rings. The van der Waals surface area contributed by atoms with Crippen LogP contribution in [-0.2, 0) is 4.79 Å². The Bertz CT molecular complexity index is 303. The summed E-state index contributed by atoms with van der Waals surface area (Å²) in [7, 11) is 0. The molecule has 13 heavy (non-hydrogen) atoms. The van der Waals surface area contributed by atoms with E-state index in [-0.39, 0.29) is 18.6 Å². The lowest BCUT2D eigenvalue weighted by Gasteiger charge is -1.97. The summed E-state index contributed by atoms with van der Waals surface area (Å²) in [5, 5.41) is 8.36. The van der Waals surface area contributed by atoms with E-state index in [1.807, 2.05) is 6.07 Å². The van der Waals surface area contributed by atoms with Gasteiger partial charge in [-0.15, -0.1) is 0 Å². The highest BCUT2D eigenvalue weighted by Gasteiger charge is 2.06. The summed E-state index contributed by atoms with van der Waals surface area (Å²) in [6.07, 6.45) is -0.0346. The fourth-order valence-electron chi connectivity index (χ4n) is 0.989. The van der Waals surface area contributed by atoms with Crippen molar-refractivity contribution in [2.45, 2.75) is 12.8 Å². The lowest BCUT2D eigenvalue weighted by Crippen LogP contribution is -2.03. The van der Waals surface area contributed by atoms with Crippen LogP contribution in [0, 0.1) is 0 Å². The minimum absolute atomic E-state index is 0.0688. The van der Waals surface area contributed by atoms with Crippen molar-refractivity contribution >= 4 is 11.8 Å². The van der Waals surface area contributed by atoms with Crippen LogP contribution in [0.5, 0.6) is 0 Å². The van der Waals surface area contributed by atoms with Crippen LogP contribution >= 0.6 is 0 Å². The van der Waals surface area contributed by atoms with Crippen LogP contribution in [0.1, 0.15) is 23.2 Å². The maximum Gasteiger partial charge on any atom is 0.303 e. The zero-order chi connectivity index (χ0) is 9.68. The van der Waals surface area contributed by atoms with Gasteiger partial charge in [-0.05, 0) is 0 Å². The number of aliphatic carboxylic acids is 1. The van der Waals surface area contributed by atoms with Gasteiger partial charge in [0.05, 0.1) is 6.42 Å². The van der Waals surface area contributed by atoms with Crippen LogP contribution in [0.2, 0.25) is 0 Å². The molecule has 0 aromatic heterocycles. The first-order chi connectivity index (χ1) is 6.20. The summed E-state index contributed by atoms with van der Waals surface area (Å²) in [6, 6.07) is 8.70. The quantitative estimate of drug-likeness (QED) is 0.725. The number of carboxylic acid groups (broad SMARTS) is 1. The van der Waals surface area contributed by atoms with Gasteiger partial charge in [0.25, 0.3) is 0 Å². The van der Waals surface area contributed by atoms with E-state index >= 15 is 0 Å². The molecule has 0 saturated heterocycles. The predicted molar refractivity (Wildman–Crippen MR) is 47.6 cm³/mol. The molecule has 0 aliphatic heterocycles. The van der Waals surface area contributed by atoms with Crippen molar-refractivity contribution in [1.29, 1.82) is 0 Å². The Morgan fingerprint density at radius 2 is 1.69 bits per heavy atom. The van der Waals surface area contributed by atoms with Crippen LogP contribution in [0.25, 0.3) is 0 Å². The van der Waals surface area contributed by atoms with Gasteiger partial charge in [0.2, 0.25) is 0 Å². The molecule has 0 heterocycles. The minimum atomic E-state index is -0.940. The molecule has 1 N–H and O–H groups in total. The SMILES string of the molecule is O=C(O)CCC(=O)[13c]1[13cH][13cH][13cH][13cH][13cH]1. The van der Waals surface area contributed by atoms with Gasteiger partial charge in [0, 0.05) is 12.0 Å². The van der Waals surface area contributed by atoms with E-state index in [9.17, 15) is 9.59 Å². The highest BCUT2D eigenvalue weighted by molar-refractivity contribution is 5.97. The van der Waals surface area contributed by atoms with E-state index in [1.165, 1.54) is 0 Å². The van der Waals surface area contributed by atoms with Crippen molar-refractivity contribution in [3.8, 4) is 0 Å². The first-order valence-electron chi connectivity index (χ1n) is 4.00. The molecule has 0 spiro atoms. The number of carbonyl (C=O) groups is 2. The van der Waals surface area contributed by atoms with Gasteiger partial charge >= 0.3 is 5.97 Å². The summed E-state index contributed by atoms with van der Waals surface area (Å²) in [4.78, 5) is 21.5. The second kappa shape index (κ2) is 4.40. The number of hydrogen-bond donors (Lipinski definition) is 1. The fourth-order valence-corrected chi connectivity index (χ4v) is 0.989. The Balaban J connectivity index is 2.54. The summed E-state index contributed by atoms with van der Waals surface area (Å²) in [5.41, 5.74) is 0.573. The van der Waals surface area contributed by atoms with Gasteiger partial charge in [0.15, 0.2) is 5.78 Å². The van der Waals surface area contributed by atoms with Crippen molar-refractivity contribution in [2.75, 3.05) is 0 Å². The van der Waals surface area contributed by atoms with E-state index in [2.05, 4.69) is 0 Å². The monoisotopic (exact) mass is 184 g/mol. The molecular formula is C10H10O3. The summed E-state index contributed by atoms with van der Waals surface area (Å²) in [6.45, 7) is 0. The average molecular weight is 184 g/mol. The van der Waals surface area contributed by atoms with Crippen LogP contribution in [-0.4, -0.2) is 16.9 Å². The van der Waals surface area contributed by atoms with Gasteiger partial charge in [-0.1, -0.05) is 30.3 Å². The van der Waals surface area contributed by atoms with Gasteiger partial charge in [-0.2, -0.15) is 0 Å². The van der Waals surface area contributed by atoms with Crippen LogP contribution in [0.3, 0.4) is 0 Å². The smallest absolute Gasteiger partial charge is 0.303 e. The highest BCUT2D eigenvalue weighted by atomic mass is 16.4. The maximum absolute atomic E-state index is 11.3. The van der Waals surface area contributed by atoms with E-state index in [4.69, 9.17) is 5.11 Å².